The number of esters is 1. The number of halogens is 1. The second-order valence-corrected chi connectivity index (χ2v) is 5.83. The summed E-state index contributed by atoms with van der Waals surface area (Å²) in [4.78, 5) is 11.3. The lowest BCUT2D eigenvalue weighted by molar-refractivity contribution is -0.140. The van der Waals surface area contributed by atoms with E-state index in [-0.39, 0.29) is 5.97 Å². The number of hydrogen-bond donors (Lipinski definition) is 0. The maximum absolute atomic E-state index is 11.3. The zero-order chi connectivity index (χ0) is 15.4. The first-order valence-electron chi connectivity index (χ1n) is 6.86. The lowest BCUT2D eigenvalue weighted by Crippen LogP contribution is -2.06. The van der Waals surface area contributed by atoms with Gasteiger partial charge in [-0.1, -0.05) is 34.1 Å². The molecule has 112 valence electrons. The van der Waals surface area contributed by atoms with Crippen molar-refractivity contribution in [3.63, 3.8) is 0 Å². The fourth-order valence-corrected chi connectivity index (χ4v) is 2.78. The van der Waals surface area contributed by atoms with Crippen molar-refractivity contribution in [2.45, 2.75) is 33.2 Å². The van der Waals surface area contributed by atoms with Crippen LogP contribution < -0.4 is 0 Å². The van der Waals surface area contributed by atoms with Crippen LogP contribution in [0.4, 0.5) is 0 Å². The number of aryl methyl sites for hydroxylation is 1. The summed E-state index contributed by atoms with van der Waals surface area (Å²) >= 11 is 3.56. The maximum Gasteiger partial charge on any atom is 0.305 e. The second-order valence-electron chi connectivity index (χ2n) is 4.97. The zero-order valence-corrected chi connectivity index (χ0v) is 14.1. The zero-order valence-electron chi connectivity index (χ0n) is 12.5. The van der Waals surface area contributed by atoms with Crippen molar-refractivity contribution >= 4 is 21.9 Å². The summed E-state index contributed by atoms with van der Waals surface area (Å²) in [5.41, 5.74) is 4.39. The molecule has 0 radical (unpaired) electrons. The SMILES string of the molecule is COC(=O)CCc1c(C)nn(Cc2ccccc2Br)c1C. The molecule has 0 N–H and O–H groups in total. The van der Waals surface area contributed by atoms with Crippen LogP contribution in [0.2, 0.25) is 0 Å². The van der Waals surface area contributed by atoms with Crippen LogP contribution in [0.5, 0.6) is 0 Å². The van der Waals surface area contributed by atoms with Gasteiger partial charge in [0.25, 0.3) is 0 Å². The Kier molecular flexibility index (Phi) is 5.17. The highest BCUT2D eigenvalue weighted by Gasteiger charge is 2.14. The minimum atomic E-state index is -0.188. The number of aromatic nitrogens is 2. The van der Waals surface area contributed by atoms with Gasteiger partial charge in [0.1, 0.15) is 0 Å². The average molecular weight is 351 g/mol. The Morgan fingerprint density at radius 2 is 2.05 bits per heavy atom. The van der Waals surface area contributed by atoms with Crippen molar-refractivity contribution in [2.24, 2.45) is 0 Å². The summed E-state index contributed by atoms with van der Waals surface area (Å²) in [6, 6.07) is 8.12. The summed E-state index contributed by atoms with van der Waals surface area (Å²) < 4.78 is 7.76. The third kappa shape index (κ3) is 3.73. The van der Waals surface area contributed by atoms with Crippen LogP contribution >= 0.6 is 15.9 Å². The molecule has 0 bridgehead atoms. The average Bonchev–Trinajstić information content (AvgIpc) is 2.73. The van der Waals surface area contributed by atoms with Crippen LogP contribution in [0.15, 0.2) is 28.7 Å². The highest BCUT2D eigenvalue weighted by molar-refractivity contribution is 9.10. The van der Waals surface area contributed by atoms with Crippen molar-refractivity contribution in [2.75, 3.05) is 7.11 Å². The third-order valence-corrected chi connectivity index (χ3v) is 4.39. The van der Waals surface area contributed by atoms with Crippen molar-refractivity contribution in [3.05, 3.63) is 51.3 Å². The van der Waals surface area contributed by atoms with E-state index >= 15 is 0 Å². The van der Waals surface area contributed by atoms with Gasteiger partial charge in [0.05, 0.1) is 19.3 Å². The molecule has 0 atom stereocenters. The lowest BCUT2D eigenvalue weighted by atomic mass is 10.1. The molecular formula is C16H19BrN2O2. The number of benzene rings is 1. The molecule has 5 heteroatoms. The quantitative estimate of drug-likeness (QED) is 0.776. The predicted octanol–water partition coefficient (Wildman–Crippen LogP) is 3.42. The van der Waals surface area contributed by atoms with Gasteiger partial charge in [0.2, 0.25) is 0 Å². The van der Waals surface area contributed by atoms with Gasteiger partial charge in [-0.05, 0) is 37.5 Å². The first-order chi connectivity index (χ1) is 10.0. The Morgan fingerprint density at radius 3 is 2.71 bits per heavy atom. The van der Waals surface area contributed by atoms with E-state index in [1.807, 2.05) is 36.7 Å². The van der Waals surface area contributed by atoms with E-state index in [0.717, 1.165) is 21.4 Å². The normalized spacial score (nSPS) is 10.7. The largest absolute Gasteiger partial charge is 0.469 e. The Hall–Kier alpha value is -1.62. The Bertz CT molecular complexity index is 650. The fraction of sp³-hybridized carbons (Fsp3) is 0.375. The highest BCUT2D eigenvalue weighted by Crippen LogP contribution is 2.20. The molecule has 4 nitrogen and oxygen atoms in total. The van der Waals surface area contributed by atoms with Crippen LogP contribution in [0.1, 0.15) is 28.9 Å². The second kappa shape index (κ2) is 6.89. The Labute approximate surface area is 133 Å². The molecule has 0 fully saturated rings. The monoisotopic (exact) mass is 350 g/mol. The molecule has 21 heavy (non-hydrogen) atoms. The summed E-state index contributed by atoms with van der Waals surface area (Å²) in [6.45, 7) is 4.74. The number of methoxy groups -OCH3 is 1. The molecule has 1 heterocycles. The summed E-state index contributed by atoms with van der Waals surface area (Å²) in [5.74, 6) is -0.188. The van der Waals surface area contributed by atoms with E-state index in [0.29, 0.717) is 19.4 Å². The molecule has 0 unspecified atom stereocenters. The highest BCUT2D eigenvalue weighted by atomic mass is 79.9. The van der Waals surface area contributed by atoms with E-state index in [9.17, 15) is 4.79 Å². The molecule has 0 amide bonds. The molecule has 0 spiro atoms. The van der Waals surface area contributed by atoms with E-state index in [1.54, 1.807) is 0 Å². The van der Waals surface area contributed by atoms with Gasteiger partial charge in [-0.25, -0.2) is 0 Å². The first kappa shape index (κ1) is 15.8. The number of hydrogen-bond acceptors (Lipinski definition) is 3. The minimum Gasteiger partial charge on any atom is -0.469 e. The molecule has 0 saturated carbocycles. The third-order valence-electron chi connectivity index (χ3n) is 3.62. The van der Waals surface area contributed by atoms with Gasteiger partial charge >= 0.3 is 5.97 Å². The van der Waals surface area contributed by atoms with E-state index in [4.69, 9.17) is 4.74 Å². The molecule has 1 aromatic carbocycles. The van der Waals surface area contributed by atoms with Crippen LogP contribution in [0.25, 0.3) is 0 Å². The number of carbonyl (C=O) groups is 1. The smallest absolute Gasteiger partial charge is 0.305 e. The molecule has 0 aliphatic rings. The van der Waals surface area contributed by atoms with Gasteiger partial charge in [0, 0.05) is 16.6 Å². The molecule has 2 aromatic rings. The summed E-state index contributed by atoms with van der Waals surface area (Å²) in [6.07, 6.45) is 1.05. The van der Waals surface area contributed by atoms with Crippen molar-refractivity contribution < 1.29 is 9.53 Å². The predicted molar refractivity (Wildman–Crippen MR) is 85.3 cm³/mol. The van der Waals surface area contributed by atoms with E-state index < -0.39 is 0 Å². The summed E-state index contributed by atoms with van der Waals surface area (Å²) in [5, 5.41) is 4.59. The maximum atomic E-state index is 11.3. The standard InChI is InChI=1S/C16H19BrN2O2/c1-11-14(8-9-16(20)21-3)12(2)19(18-11)10-13-6-4-5-7-15(13)17/h4-7H,8-10H2,1-3H3. The van der Waals surface area contributed by atoms with E-state index in [2.05, 4.69) is 27.1 Å². The molecule has 0 aliphatic carbocycles. The molecule has 0 aliphatic heterocycles. The number of carbonyl (C=O) groups excluding carboxylic acids is 1. The molecule has 0 saturated heterocycles. The van der Waals surface area contributed by atoms with Gasteiger partial charge in [-0.15, -0.1) is 0 Å². The summed E-state index contributed by atoms with van der Waals surface area (Å²) in [7, 11) is 1.42. The van der Waals surface area contributed by atoms with Crippen LogP contribution in [-0.4, -0.2) is 22.9 Å². The molecular weight excluding hydrogens is 332 g/mol. The molecule has 1 aromatic heterocycles. The van der Waals surface area contributed by atoms with Crippen LogP contribution in [0.3, 0.4) is 0 Å². The topological polar surface area (TPSA) is 44.1 Å². The fourth-order valence-electron chi connectivity index (χ4n) is 2.37. The van der Waals surface area contributed by atoms with Crippen LogP contribution in [0, 0.1) is 13.8 Å². The Balaban J connectivity index is 2.19. The van der Waals surface area contributed by atoms with E-state index in [1.165, 1.54) is 12.7 Å². The number of ether oxygens (including phenoxy) is 1. The lowest BCUT2D eigenvalue weighted by Gasteiger charge is -2.07. The van der Waals surface area contributed by atoms with Gasteiger partial charge in [-0.2, -0.15) is 5.10 Å². The first-order valence-corrected chi connectivity index (χ1v) is 7.65. The number of rotatable bonds is 5. The van der Waals surface area contributed by atoms with Gasteiger partial charge in [0.15, 0.2) is 0 Å². The number of nitrogens with zero attached hydrogens (tertiary/aromatic N) is 2. The van der Waals surface area contributed by atoms with Crippen molar-refractivity contribution in [3.8, 4) is 0 Å². The molecule has 2 rings (SSSR count). The van der Waals surface area contributed by atoms with Crippen molar-refractivity contribution in [1.29, 1.82) is 0 Å². The Morgan fingerprint density at radius 1 is 1.33 bits per heavy atom. The van der Waals surface area contributed by atoms with Crippen LogP contribution in [-0.2, 0) is 22.5 Å². The van der Waals surface area contributed by atoms with Gasteiger partial charge < -0.3 is 4.74 Å². The minimum absolute atomic E-state index is 0.188. The van der Waals surface area contributed by atoms with Gasteiger partial charge in [-0.3, -0.25) is 9.48 Å². The van der Waals surface area contributed by atoms with Crippen molar-refractivity contribution in [1.82, 2.24) is 9.78 Å².